The molecule has 3 aromatic rings. The summed E-state index contributed by atoms with van der Waals surface area (Å²) in [6.07, 6.45) is 5.18. The van der Waals surface area contributed by atoms with Gasteiger partial charge in [0.25, 0.3) is 0 Å². The highest BCUT2D eigenvalue weighted by molar-refractivity contribution is 6.31. The molecule has 0 aliphatic carbocycles. The van der Waals surface area contributed by atoms with E-state index in [1.165, 1.54) is 6.33 Å². The highest BCUT2D eigenvalue weighted by atomic mass is 35.5. The van der Waals surface area contributed by atoms with Crippen LogP contribution in [0.1, 0.15) is 28.8 Å². The molecule has 7 nitrogen and oxygen atoms in total. The van der Waals surface area contributed by atoms with Crippen LogP contribution in [0.4, 0.5) is 0 Å². The maximum atomic E-state index is 11.6. The second kappa shape index (κ2) is 7.17. The number of hydrogen-bond acceptors (Lipinski definition) is 5. The van der Waals surface area contributed by atoms with Crippen LogP contribution < -0.4 is 15.8 Å². The summed E-state index contributed by atoms with van der Waals surface area (Å²) in [5.41, 5.74) is 8.79. The molecule has 1 aliphatic rings. The molecule has 0 spiro atoms. The fourth-order valence-corrected chi connectivity index (χ4v) is 3.69. The van der Waals surface area contributed by atoms with E-state index in [1.807, 2.05) is 19.1 Å². The smallest absolute Gasteiger partial charge is 0.250 e. The van der Waals surface area contributed by atoms with E-state index in [4.69, 9.17) is 22.1 Å². The monoisotopic (exact) mass is 385 g/mol. The van der Waals surface area contributed by atoms with Crippen LogP contribution in [0.15, 0.2) is 30.7 Å². The minimum atomic E-state index is -0.515. The first kappa shape index (κ1) is 17.8. The van der Waals surface area contributed by atoms with Gasteiger partial charge in [-0.05, 0) is 50.1 Å². The summed E-state index contributed by atoms with van der Waals surface area (Å²) in [6.45, 7) is 3.78. The minimum Gasteiger partial charge on any atom is -0.488 e. The predicted octanol–water partition coefficient (Wildman–Crippen LogP) is 2.59. The number of carbonyl (C=O) groups is 1. The lowest BCUT2D eigenvalue weighted by Gasteiger charge is -2.26. The number of rotatable bonds is 4. The summed E-state index contributed by atoms with van der Waals surface area (Å²) >= 11 is 6.33. The van der Waals surface area contributed by atoms with Gasteiger partial charge in [0, 0.05) is 23.3 Å². The second-order valence-corrected chi connectivity index (χ2v) is 7.15. The van der Waals surface area contributed by atoms with Crippen LogP contribution in [0.2, 0.25) is 5.02 Å². The number of piperidine rings is 1. The van der Waals surface area contributed by atoms with Gasteiger partial charge in [0.05, 0.1) is 11.1 Å². The molecule has 1 saturated heterocycles. The Morgan fingerprint density at radius 2 is 2.26 bits per heavy atom. The van der Waals surface area contributed by atoms with Gasteiger partial charge in [-0.3, -0.25) is 4.79 Å². The summed E-state index contributed by atoms with van der Waals surface area (Å²) in [5.74, 6) is 0.231. The number of primary amides is 1. The third-order valence-corrected chi connectivity index (χ3v) is 4.94. The van der Waals surface area contributed by atoms with Crippen LogP contribution in [-0.4, -0.2) is 39.7 Å². The number of amides is 1. The van der Waals surface area contributed by atoms with E-state index in [0.717, 1.165) is 42.8 Å². The van der Waals surface area contributed by atoms with Crippen molar-refractivity contribution >= 4 is 23.0 Å². The van der Waals surface area contributed by atoms with Crippen LogP contribution in [0.5, 0.6) is 5.75 Å². The molecule has 4 rings (SSSR count). The van der Waals surface area contributed by atoms with E-state index in [-0.39, 0.29) is 6.10 Å². The summed E-state index contributed by atoms with van der Waals surface area (Å²) in [6, 6.07) is 5.39. The number of carbonyl (C=O) groups excluding carboxylic acids is 1. The Morgan fingerprint density at radius 3 is 3.00 bits per heavy atom. The molecule has 2 aromatic heterocycles. The van der Waals surface area contributed by atoms with Crippen molar-refractivity contribution in [3.05, 3.63) is 46.9 Å². The van der Waals surface area contributed by atoms with Crippen molar-refractivity contribution in [3.8, 4) is 17.0 Å². The Morgan fingerprint density at radius 1 is 1.41 bits per heavy atom. The molecule has 0 bridgehead atoms. The van der Waals surface area contributed by atoms with Crippen molar-refractivity contribution in [3.63, 3.8) is 0 Å². The molecule has 3 N–H and O–H groups in total. The summed E-state index contributed by atoms with van der Waals surface area (Å²) in [7, 11) is 0. The number of nitrogens with zero attached hydrogens (tertiary/aromatic N) is 3. The molecule has 1 aromatic carbocycles. The van der Waals surface area contributed by atoms with Crippen LogP contribution in [0.25, 0.3) is 16.8 Å². The Labute approximate surface area is 161 Å². The van der Waals surface area contributed by atoms with Gasteiger partial charge in [0.1, 0.15) is 23.9 Å². The van der Waals surface area contributed by atoms with Gasteiger partial charge in [-0.25, -0.2) is 9.50 Å². The molecule has 8 heteroatoms. The molecule has 27 heavy (non-hydrogen) atoms. The third-order valence-electron chi connectivity index (χ3n) is 4.72. The number of halogens is 1. The Bertz CT molecular complexity index is 1010. The first-order valence-electron chi connectivity index (χ1n) is 8.84. The van der Waals surface area contributed by atoms with Crippen molar-refractivity contribution in [1.29, 1.82) is 0 Å². The lowest BCUT2D eigenvalue weighted by Crippen LogP contribution is -2.37. The van der Waals surface area contributed by atoms with E-state index in [2.05, 4.69) is 15.4 Å². The number of aromatic nitrogens is 3. The van der Waals surface area contributed by atoms with Gasteiger partial charge < -0.3 is 15.8 Å². The number of benzene rings is 1. The first-order valence-corrected chi connectivity index (χ1v) is 9.22. The zero-order chi connectivity index (χ0) is 19.0. The average molecular weight is 386 g/mol. The lowest BCUT2D eigenvalue weighted by atomic mass is 10.0. The predicted molar refractivity (Wildman–Crippen MR) is 103 cm³/mol. The maximum Gasteiger partial charge on any atom is 0.250 e. The SMILES string of the molecule is Cc1cc(Cl)cc(-c2ncnn3cc(C(N)=O)cc23)c1OC1CCCNC1. The molecule has 1 aliphatic heterocycles. The van der Waals surface area contributed by atoms with E-state index in [9.17, 15) is 4.79 Å². The third kappa shape index (κ3) is 3.48. The Kier molecular flexibility index (Phi) is 4.72. The van der Waals surface area contributed by atoms with E-state index < -0.39 is 5.91 Å². The van der Waals surface area contributed by atoms with Crippen molar-refractivity contribution in [2.45, 2.75) is 25.9 Å². The maximum absolute atomic E-state index is 11.6. The Hall–Kier alpha value is -2.64. The van der Waals surface area contributed by atoms with Gasteiger partial charge in [0.2, 0.25) is 5.91 Å². The molecule has 1 amide bonds. The van der Waals surface area contributed by atoms with E-state index in [1.54, 1.807) is 16.8 Å². The van der Waals surface area contributed by atoms with Gasteiger partial charge in [-0.2, -0.15) is 5.10 Å². The average Bonchev–Trinajstić information content (AvgIpc) is 3.09. The number of hydrogen-bond donors (Lipinski definition) is 2. The van der Waals surface area contributed by atoms with E-state index >= 15 is 0 Å². The molecular weight excluding hydrogens is 366 g/mol. The normalized spacial score (nSPS) is 17.2. The number of fused-ring (bicyclic) bond motifs is 1. The van der Waals surface area contributed by atoms with Crippen molar-refractivity contribution < 1.29 is 9.53 Å². The molecule has 0 saturated carbocycles. The van der Waals surface area contributed by atoms with Crippen molar-refractivity contribution in [2.24, 2.45) is 5.73 Å². The van der Waals surface area contributed by atoms with Crippen LogP contribution in [0, 0.1) is 6.92 Å². The van der Waals surface area contributed by atoms with Crippen LogP contribution >= 0.6 is 11.6 Å². The fourth-order valence-electron chi connectivity index (χ4n) is 3.42. The first-order chi connectivity index (χ1) is 13.0. The fraction of sp³-hybridized carbons (Fsp3) is 0.316. The minimum absolute atomic E-state index is 0.0863. The molecule has 1 unspecified atom stereocenters. The number of nitrogens with two attached hydrogens (primary N) is 1. The van der Waals surface area contributed by atoms with Gasteiger partial charge in [-0.1, -0.05) is 11.6 Å². The highest BCUT2D eigenvalue weighted by Crippen LogP contribution is 2.38. The van der Waals surface area contributed by atoms with E-state index in [0.29, 0.717) is 21.8 Å². The zero-order valence-corrected chi connectivity index (χ0v) is 15.7. The second-order valence-electron chi connectivity index (χ2n) is 6.72. The number of ether oxygens (including phenoxy) is 1. The molecule has 3 heterocycles. The van der Waals surface area contributed by atoms with Crippen LogP contribution in [0.3, 0.4) is 0 Å². The highest BCUT2D eigenvalue weighted by Gasteiger charge is 2.21. The molecule has 1 fully saturated rings. The molecule has 140 valence electrons. The largest absolute Gasteiger partial charge is 0.488 e. The molecule has 1 atom stereocenters. The molecular formula is C19H20ClN5O2. The molecule has 0 radical (unpaired) electrons. The standard InChI is InChI=1S/C19H20ClN5O2/c1-11-5-13(20)7-15(18(11)27-14-3-2-4-22-8-14)17-16-6-12(19(21)26)9-25(16)24-10-23-17/h5-7,9-10,14,22H,2-4,8H2,1H3,(H2,21,26). The quantitative estimate of drug-likeness (QED) is 0.719. The number of aryl methyl sites for hydroxylation is 1. The van der Waals surface area contributed by atoms with Gasteiger partial charge >= 0.3 is 0 Å². The Balaban J connectivity index is 1.85. The van der Waals surface area contributed by atoms with Crippen molar-refractivity contribution in [2.75, 3.05) is 13.1 Å². The number of nitrogens with one attached hydrogen (secondary N) is 1. The zero-order valence-electron chi connectivity index (χ0n) is 14.9. The lowest BCUT2D eigenvalue weighted by molar-refractivity contribution is 0.100. The van der Waals surface area contributed by atoms with Crippen molar-refractivity contribution in [1.82, 2.24) is 19.9 Å². The van der Waals surface area contributed by atoms with Crippen LogP contribution in [-0.2, 0) is 0 Å². The topological polar surface area (TPSA) is 94.5 Å². The summed E-state index contributed by atoms with van der Waals surface area (Å²) in [4.78, 5) is 16.0. The summed E-state index contributed by atoms with van der Waals surface area (Å²) in [5, 5.41) is 8.13. The summed E-state index contributed by atoms with van der Waals surface area (Å²) < 4.78 is 7.94. The van der Waals surface area contributed by atoms with Gasteiger partial charge in [0.15, 0.2) is 0 Å². The van der Waals surface area contributed by atoms with Gasteiger partial charge in [-0.15, -0.1) is 0 Å².